The first-order valence-corrected chi connectivity index (χ1v) is 11.2. The molecule has 0 atom stereocenters. The molecule has 0 saturated carbocycles. The summed E-state index contributed by atoms with van der Waals surface area (Å²) in [5.74, 6) is 4.07. The summed E-state index contributed by atoms with van der Waals surface area (Å²) in [5, 5.41) is 3.41. The third-order valence-electron chi connectivity index (χ3n) is 5.90. The summed E-state index contributed by atoms with van der Waals surface area (Å²) in [6.45, 7) is 10.0. The minimum Gasteiger partial charge on any atom is -0.354 e. The van der Waals surface area contributed by atoms with E-state index >= 15 is 0 Å². The van der Waals surface area contributed by atoms with Crippen molar-refractivity contribution >= 4 is 38.9 Å². The van der Waals surface area contributed by atoms with Gasteiger partial charge in [0.05, 0.1) is 0 Å². The Kier molecular flexibility index (Phi) is 4.97. The van der Waals surface area contributed by atoms with Crippen molar-refractivity contribution in [1.82, 2.24) is 19.9 Å². The summed E-state index contributed by atoms with van der Waals surface area (Å²) in [6, 6.07) is 6.46. The predicted octanol–water partition coefficient (Wildman–Crippen LogP) is 2.47. The third kappa shape index (κ3) is 3.74. The van der Waals surface area contributed by atoms with E-state index < -0.39 is 0 Å². The Labute approximate surface area is 175 Å². The summed E-state index contributed by atoms with van der Waals surface area (Å²) in [6.07, 6.45) is 1.93. The highest BCUT2D eigenvalue weighted by Gasteiger charge is 2.23. The second kappa shape index (κ2) is 7.76. The molecule has 152 valence electrons. The standard InChI is InChI=1S/C21H27N7S/c1-16-23-19(26-8-6-25(2)7-9-26)15-20(24-16)27-10-12-28(13-11-27)21-17-4-14-29-18(17)3-5-22-21/h3-5,14-15H,6-13H2,1-2H3. The molecule has 3 aromatic rings. The molecule has 0 aliphatic carbocycles. The van der Waals surface area contributed by atoms with Crippen molar-refractivity contribution in [2.24, 2.45) is 0 Å². The van der Waals surface area contributed by atoms with Crippen LogP contribution in [-0.4, -0.2) is 79.3 Å². The number of aryl methyl sites for hydroxylation is 1. The number of nitrogens with zero attached hydrogens (tertiary/aromatic N) is 7. The second-order valence-corrected chi connectivity index (χ2v) is 8.81. The molecule has 2 fully saturated rings. The van der Waals surface area contributed by atoms with Crippen LogP contribution in [0, 0.1) is 6.92 Å². The zero-order chi connectivity index (χ0) is 19.8. The number of piperazine rings is 2. The monoisotopic (exact) mass is 409 g/mol. The van der Waals surface area contributed by atoms with Gasteiger partial charge in [0.1, 0.15) is 23.3 Å². The Hall–Kier alpha value is -2.45. The Morgan fingerprint density at radius 3 is 2.14 bits per heavy atom. The zero-order valence-corrected chi connectivity index (χ0v) is 17.9. The van der Waals surface area contributed by atoms with Gasteiger partial charge in [0.15, 0.2) is 0 Å². The third-order valence-corrected chi connectivity index (χ3v) is 6.78. The molecule has 0 radical (unpaired) electrons. The van der Waals surface area contributed by atoms with E-state index in [1.54, 1.807) is 11.3 Å². The molecule has 0 bridgehead atoms. The van der Waals surface area contributed by atoms with Gasteiger partial charge in [-0.1, -0.05) is 0 Å². The van der Waals surface area contributed by atoms with E-state index in [1.165, 1.54) is 10.1 Å². The number of pyridine rings is 1. The van der Waals surface area contributed by atoms with Crippen molar-refractivity contribution in [3.05, 3.63) is 35.6 Å². The van der Waals surface area contributed by atoms with Crippen molar-refractivity contribution in [2.75, 3.05) is 74.1 Å². The number of anilines is 3. The molecule has 29 heavy (non-hydrogen) atoms. The smallest absolute Gasteiger partial charge is 0.137 e. The fraction of sp³-hybridized carbons (Fsp3) is 0.476. The summed E-state index contributed by atoms with van der Waals surface area (Å²) in [7, 11) is 2.18. The van der Waals surface area contributed by atoms with E-state index in [9.17, 15) is 0 Å². The molecule has 5 rings (SSSR count). The lowest BCUT2D eigenvalue weighted by molar-refractivity contribution is 0.312. The summed E-state index contributed by atoms with van der Waals surface area (Å²) in [5.41, 5.74) is 0. The molecule has 0 aromatic carbocycles. The van der Waals surface area contributed by atoms with E-state index in [0.717, 1.165) is 75.6 Å². The van der Waals surface area contributed by atoms with Crippen LogP contribution in [0.3, 0.4) is 0 Å². The van der Waals surface area contributed by atoms with Gasteiger partial charge in [0.2, 0.25) is 0 Å². The van der Waals surface area contributed by atoms with Crippen LogP contribution >= 0.6 is 11.3 Å². The molecule has 0 spiro atoms. The fourth-order valence-electron chi connectivity index (χ4n) is 4.18. The van der Waals surface area contributed by atoms with Gasteiger partial charge in [-0.05, 0) is 31.5 Å². The maximum Gasteiger partial charge on any atom is 0.137 e. The number of likely N-dealkylation sites (N-methyl/N-ethyl adjacent to an activating group) is 1. The number of hydrogen-bond donors (Lipinski definition) is 0. The molecule has 2 aliphatic heterocycles. The highest BCUT2D eigenvalue weighted by atomic mass is 32.1. The van der Waals surface area contributed by atoms with Crippen LogP contribution in [-0.2, 0) is 0 Å². The van der Waals surface area contributed by atoms with E-state index in [0.29, 0.717) is 0 Å². The Morgan fingerprint density at radius 1 is 0.828 bits per heavy atom. The molecule has 2 saturated heterocycles. The summed E-state index contributed by atoms with van der Waals surface area (Å²) >= 11 is 1.78. The average Bonchev–Trinajstić information content (AvgIpc) is 3.23. The van der Waals surface area contributed by atoms with Crippen LogP contribution < -0.4 is 14.7 Å². The zero-order valence-electron chi connectivity index (χ0n) is 17.1. The van der Waals surface area contributed by atoms with Crippen molar-refractivity contribution in [2.45, 2.75) is 6.92 Å². The molecule has 0 N–H and O–H groups in total. The van der Waals surface area contributed by atoms with Crippen LogP contribution in [0.2, 0.25) is 0 Å². The number of rotatable bonds is 3. The minimum absolute atomic E-state index is 0.851. The van der Waals surface area contributed by atoms with Gasteiger partial charge in [-0.25, -0.2) is 15.0 Å². The van der Waals surface area contributed by atoms with E-state index in [4.69, 9.17) is 9.97 Å². The van der Waals surface area contributed by atoms with Gasteiger partial charge in [0, 0.05) is 74.7 Å². The van der Waals surface area contributed by atoms with E-state index in [1.807, 2.05) is 13.1 Å². The van der Waals surface area contributed by atoms with Crippen molar-refractivity contribution < 1.29 is 0 Å². The van der Waals surface area contributed by atoms with Crippen LogP contribution in [0.15, 0.2) is 29.8 Å². The first-order valence-electron chi connectivity index (χ1n) is 10.3. The molecule has 8 heteroatoms. The Morgan fingerprint density at radius 2 is 1.45 bits per heavy atom. The molecular formula is C21H27N7S. The Balaban J connectivity index is 1.31. The maximum atomic E-state index is 4.75. The van der Waals surface area contributed by atoms with E-state index in [-0.39, 0.29) is 0 Å². The quantitative estimate of drug-likeness (QED) is 0.659. The van der Waals surface area contributed by atoms with Gasteiger partial charge < -0.3 is 19.6 Å². The normalized spacial score (nSPS) is 18.6. The Bertz CT molecular complexity index is 988. The van der Waals surface area contributed by atoms with Crippen molar-refractivity contribution in [3.63, 3.8) is 0 Å². The van der Waals surface area contributed by atoms with Crippen LogP contribution in [0.1, 0.15) is 5.82 Å². The number of hydrogen-bond acceptors (Lipinski definition) is 8. The maximum absolute atomic E-state index is 4.75. The first-order chi connectivity index (χ1) is 14.2. The molecule has 3 aromatic heterocycles. The minimum atomic E-state index is 0.851. The second-order valence-electron chi connectivity index (χ2n) is 7.86. The molecule has 0 unspecified atom stereocenters. The van der Waals surface area contributed by atoms with Gasteiger partial charge in [0.25, 0.3) is 0 Å². The number of fused-ring (bicyclic) bond motifs is 1. The molecule has 7 nitrogen and oxygen atoms in total. The first kappa shape index (κ1) is 18.6. The van der Waals surface area contributed by atoms with Crippen molar-refractivity contribution in [3.8, 4) is 0 Å². The largest absolute Gasteiger partial charge is 0.354 e. The lowest BCUT2D eigenvalue weighted by Gasteiger charge is -2.37. The summed E-state index contributed by atoms with van der Waals surface area (Å²) < 4.78 is 1.31. The lowest BCUT2D eigenvalue weighted by atomic mass is 10.2. The predicted molar refractivity (Wildman–Crippen MR) is 121 cm³/mol. The number of aromatic nitrogens is 3. The average molecular weight is 410 g/mol. The SMILES string of the molecule is Cc1nc(N2CCN(C)CC2)cc(N2CCN(c3nccc4sccc34)CC2)n1. The van der Waals surface area contributed by atoms with Gasteiger partial charge in [-0.3, -0.25) is 0 Å². The van der Waals surface area contributed by atoms with Gasteiger partial charge in [-0.15, -0.1) is 11.3 Å². The topological polar surface area (TPSA) is 51.6 Å². The molecule has 2 aliphatic rings. The highest BCUT2D eigenvalue weighted by Crippen LogP contribution is 2.29. The molecule has 5 heterocycles. The lowest BCUT2D eigenvalue weighted by Crippen LogP contribution is -2.47. The number of thiophene rings is 1. The highest BCUT2D eigenvalue weighted by molar-refractivity contribution is 7.17. The van der Waals surface area contributed by atoms with Crippen LogP contribution in [0.4, 0.5) is 17.5 Å². The van der Waals surface area contributed by atoms with Gasteiger partial charge >= 0.3 is 0 Å². The van der Waals surface area contributed by atoms with Gasteiger partial charge in [-0.2, -0.15) is 0 Å². The fourth-order valence-corrected chi connectivity index (χ4v) is 4.95. The molecule has 0 amide bonds. The van der Waals surface area contributed by atoms with E-state index in [2.05, 4.69) is 55.2 Å². The van der Waals surface area contributed by atoms with Crippen molar-refractivity contribution in [1.29, 1.82) is 0 Å². The van der Waals surface area contributed by atoms with Crippen LogP contribution in [0.25, 0.3) is 10.1 Å². The summed E-state index contributed by atoms with van der Waals surface area (Å²) in [4.78, 5) is 23.7. The van der Waals surface area contributed by atoms with Crippen LogP contribution in [0.5, 0.6) is 0 Å². The molecular weight excluding hydrogens is 382 g/mol.